The lowest BCUT2D eigenvalue weighted by Crippen LogP contribution is -2.30. The Balaban J connectivity index is 1.71. The van der Waals surface area contributed by atoms with Gasteiger partial charge in [-0.2, -0.15) is 0 Å². The van der Waals surface area contributed by atoms with Gasteiger partial charge in [0.2, 0.25) is 0 Å². The van der Waals surface area contributed by atoms with Gasteiger partial charge < -0.3 is 14.8 Å². The Kier molecular flexibility index (Phi) is 2.89. The first kappa shape index (κ1) is 12.1. The predicted octanol–water partition coefficient (Wildman–Crippen LogP) is 3.44. The largest absolute Gasteiger partial charge is 0.485 e. The number of para-hydroxylation sites is 2. The molecular weight excluding hydrogens is 262 g/mol. The molecule has 0 saturated heterocycles. The van der Waals surface area contributed by atoms with Gasteiger partial charge in [0.25, 0.3) is 0 Å². The Hall–Kier alpha value is -2.68. The highest BCUT2D eigenvalue weighted by atomic mass is 16.6. The molecule has 3 heteroatoms. The molecule has 21 heavy (non-hydrogen) atoms. The van der Waals surface area contributed by atoms with E-state index in [9.17, 15) is 0 Å². The second-order valence-corrected chi connectivity index (χ2v) is 5.05. The van der Waals surface area contributed by atoms with E-state index in [4.69, 9.17) is 9.47 Å². The van der Waals surface area contributed by atoms with Crippen molar-refractivity contribution >= 4 is 11.6 Å². The Morgan fingerprint density at radius 1 is 0.952 bits per heavy atom. The molecule has 2 aromatic carbocycles. The first-order valence-electron chi connectivity index (χ1n) is 7.02. The van der Waals surface area contributed by atoms with Crippen molar-refractivity contribution in [3.63, 3.8) is 0 Å². The van der Waals surface area contributed by atoms with Crippen LogP contribution in [0.3, 0.4) is 0 Å². The number of hydrogen-bond donors (Lipinski definition) is 1. The summed E-state index contributed by atoms with van der Waals surface area (Å²) in [5.74, 6) is 1.60. The molecule has 2 heterocycles. The summed E-state index contributed by atoms with van der Waals surface area (Å²) in [5.41, 5.74) is 3.45. The van der Waals surface area contributed by atoms with Gasteiger partial charge in [0.1, 0.15) is 6.61 Å². The fourth-order valence-corrected chi connectivity index (χ4v) is 2.70. The number of benzene rings is 2. The van der Waals surface area contributed by atoms with Crippen molar-refractivity contribution < 1.29 is 9.47 Å². The van der Waals surface area contributed by atoms with Crippen LogP contribution in [0.4, 0.5) is 0 Å². The van der Waals surface area contributed by atoms with E-state index < -0.39 is 0 Å². The van der Waals surface area contributed by atoms with Crippen LogP contribution in [0.25, 0.3) is 11.6 Å². The first-order valence-corrected chi connectivity index (χ1v) is 7.02. The fourth-order valence-electron chi connectivity index (χ4n) is 2.70. The van der Waals surface area contributed by atoms with Crippen molar-refractivity contribution in [3.05, 3.63) is 72.1 Å². The summed E-state index contributed by atoms with van der Waals surface area (Å²) in [5, 5.41) is 3.19. The molecule has 4 rings (SSSR count). The molecular formula is C18H15NO2. The second-order valence-electron chi connectivity index (χ2n) is 5.05. The number of hydrogen-bond acceptors (Lipinski definition) is 3. The molecule has 104 valence electrons. The van der Waals surface area contributed by atoms with Crippen LogP contribution in [0.15, 0.2) is 60.9 Å². The molecule has 3 nitrogen and oxygen atoms in total. The summed E-state index contributed by atoms with van der Waals surface area (Å²) in [7, 11) is 0. The van der Waals surface area contributed by atoms with Crippen molar-refractivity contribution in [3.8, 4) is 11.5 Å². The highest BCUT2D eigenvalue weighted by Gasteiger charge is 2.26. The van der Waals surface area contributed by atoms with Crippen LogP contribution in [0, 0.1) is 0 Å². The fraction of sp³-hybridized carbons (Fsp3) is 0.111. The zero-order valence-corrected chi connectivity index (χ0v) is 11.5. The summed E-state index contributed by atoms with van der Waals surface area (Å²) < 4.78 is 12.0. The Labute approximate surface area is 123 Å². The Morgan fingerprint density at radius 2 is 1.76 bits per heavy atom. The zero-order valence-electron chi connectivity index (χ0n) is 11.5. The van der Waals surface area contributed by atoms with Gasteiger partial charge in [-0.1, -0.05) is 36.4 Å². The minimum absolute atomic E-state index is 0.117. The maximum atomic E-state index is 6.12. The normalized spacial score (nSPS) is 19.0. The van der Waals surface area contributed by atoms with Crippen LogP contribution < -0.4 is 14.8 Å². The van der Waals surface area contributed by atoms with E-state index >= 15 is 0 Å². The van der Waals surface area contributed by atoms with Crippen LogP contribution >= 0.6 is 0 Å². The van der Waals surface area contributed by atoms with Crippen LogP contribution in [0.5, 0.6) is 11.5 Å². The average Bonchev–Trinajstić information content (AvgIpc) is 2.77. The van der Waals surface area contributed by atoms with Gasteiger partial charge in [0, 0.05) is 18.0 Å². The lowest BCUT2D eigenvalue weighted by molar-refractivity contribution is 0.129. The third-order valence-electron chi connectivity index (χ3n) is 3.73. The molecule has 0 amide bonds. The predicted molar refractivity (Wildman–Crippen MR) is 82.9 cm³/mol. The van der Waals surface area contributed by atoms with Crippen molar-refractivity contribution in [2.45, 2.75) is 6.10 Å². The van der Waals surface area contributed by atoms with Crippen LogP contribution in [-0.2, 0) is 0 Å². The van der Waals surface area contributed by atoms with Gasteiger partial charge >= 0.3 is 0 Å². The summed E-state index contributed by atoms with van der Waals surface area (Å²) >= 11 is 0. The minimum atomic E-state index is -0.117. The maximum absolute atomic E-state index is 6.12. The average molecular weight is 277 g/mol. The standard InChI is InChI=1S/C18H15NO2/c1-2-6-14-13(5-1)9-10-19-11-15(14)18-12-20-16-7-3-4-8-17(16)21-18/h1-11,18-19H,12H2. The number of ether oxygens (including phenoxy) is 2. The zero-order chi connectivity index (χ0) is 14.1. The minimum Gasteiger partial charge on any atom is -0.485 e. The van der Waals surface area contributed by atoms with Gasteiger partial charge in [-0.05, 0) is 29.3 Å². The summed E-state index contributed by atoms with van der Waals surface area (Å²) in [6, 6.07) is 16.1. The third kappa shape index (κ3) is 2.17. The maximum Gasteiger partial charge on any atom is 0.162 e. The van der Waals surface area contributed by atoms with Gasteiger partial charge in [0.15, 0.2) is 17.6 Å². The van der Waals surface area contributed by atoms with E-state index in [0.717, 1.165) is 17.1 Å². The van der Waals surface area contributed by atoms with E-state index in [1.54, 1.807) is 0 Å². The van der Waals surface area contributed by atoms with Gasteiger partial charge in [-0.3, -0.25) is 0 Å². The van der Waals surface area contributed by atoms with Crippen molar-refractivity contribution in [2.75, 3.05) is 6.61 Å². The molecule has 2 aliphatic rings. The summed E-state index contributed by atoms with van der Waals surface area (Å²) in [6.45, 7) is 0.513. The lowest BCUT2D eigenvalue weighted by atomic mass is 9.96. The number of fused-ring (bicyclic) bond motifs is 2. The first-order chi connectivity index (χ1) is 10.4. The third-order valence-corrected chi connectivity index (χ3v) is 3.73. The molecule has 2 aromatic rings. The number of rotatable bonds is 1. The van der Waals surface area contributed by atoms with Crippen LogP contribution in [0.2, 0.25) is 0 Å². The van der Waals surface area contributed by atoms with Crippen molar-refractivity contribution in [2.24, 2.45) is 0 Å². The molecule has 0 bridgehead atoms. The van der Waals surface area contributed by atoms with Crippen LogP contribution in [0.1, 0.15) is 11.1 Å². The summed E-state index contributed by atoms with van der Waals surface area (Å²) in [6.07, 6.45) is 5.87. The lowest BCUT2D eigenvalue weighted by Gasteiger charge is -2.28. The summed E-state index contributed by atoms with van der Waals surface area (Å²) in [4.78, 5) is 0. The van der Waals surface area contributed by atoms with E-state index in [1.165, 1.54) is 11.1 Å². The monoisotopic (exact) mass is 277 g/mol. The molecule has 0 saturated carbocycles. The molecule has 0 aliphatic carbocycles. The Morgan fingerprint density at radius 3 is 2.71 bits per heavy atom. The number of nitrogens with one attached hydrogen (secondary N) is 1. The van der Waals surface area contributed by atoms with E-state index in [1.807, 2.05) is 48.8 Å². The Bertz CT molecular complexity index is 734. The van der Waals surface area contributed by atoms with E-state index in [0.29, 0.717) is 6.61 Å². The van der Waals surface area contributed by atoms with E-state index in [2.05, 4.69) is 23.5 Å². The molecule has 1 N–H and O–H groups in total. The van der Waals surface area contributed by atoms with Crippen molar-refractivity contribution in [1.82, 2.24) is 5.32 Å². The smallest absolute Gasteiger partial charge is 0.162 e. The van der Waals surface area contributed by atoms with E-state index in [-0.39, 0.29) is 6.10 Å². The highest BCUT2D eigenvalue weighted by Crippen LogP contribution is 2.35. The molecule has 0 spiro atoms. The molecule has 0 radical (unpaired) electrons. The SMILES string of the molecule is C1=Cc2ccccc2C(C2COc3ccccc3O2)=CN1. The molecule has 1 atom stereocenters. The van der Waals surface area contributed by atoms with Crippen molar-refractivity contribution in [1.29, 1.82) is 0 Å². The van der Waals surface area contributed by atoms with Gasteiger partial charge in [0.05, 0.1) is 0 Å². The molecule has 1 unspecified atom stereocenters. The topological polar surface area (TPSA) is 30.5 Å². The van der Waals surface area contributed by atoms with Gasteiger partial charge in [-0.15, -0.1) is 0 Å². The molecule has 0 aromatic heterocycles. The highest BCUT2D eigenvalue weighted by molar-refractivity contribution is 5.78. The molecule has 2 aliphatic heterocycles. The quantitative estimate of drug-likeness (QED) is 0.866. The second kappa shape index (κ2) is 5.02. The van der Waals surface area contributed by atoms with Gasteiger partial charge in [-0.25, -0.2) is 0 Å². The van der Waals surface area contributed by atoms with Crippen LogP contribution in [-0.4, -0.2) is 12.7 Å². The molecule has 0 fully saturated rings.